The van der Waals surface area contributed by atoms with E-state index in [-0.39, 0.29) is 22.7 Å². The van der Waals surface area contributed by atoms with Gasteiger partial charge in [0.1, 0.15) is 11.6 Å². The summed E-state index contributed by atoms with van der Waals surface area (Å²) in [6, 6.07) is 10.4. The Morgan fingerprint density at radius 3 is 2.59 bits per heavy atom. The summed E-state index contributed by atoms with van der Waals surface area (Å²) in [7, 11) is 1.49. The molecule has 1 aliphatic rings. The number of carbonyl (C=O) groups is 2. The highest BCUT2D eigenvalue weighted by Gasteiger charge is 2.18. The maximum Gasteiger partial charge on any atom is 0.258 e. The Morgan fingerprint density at radius 2 is 1.86 bits per heavy atom. The van der Waals surface area contributed by atoms with Crippen molar-refractivity contribution in [2.24, 2.45) is 0 Å². The predicted octanol–water partition coefficient (Wildman–Crippen LogP) is 2.15. The highest BCUT2D eigenvalue weighted by molar-refractivity contribution is 6.09. The Balaban J connectivity index is 1.70. The Bertz CT molecular complexity index is 869. The topological polar surface area (TPSA) is 79.9 Å². The van der Waals surface area contributed by atoms with Gasteiger partial charge in [-0.1, -0.05) is 12.1 Å². The molecule has 0 atom stereocenters. The number of ether oxygens (including phenoxy) is 2. The monoisotopic (exact) mass is 401 g/mol. The number of methoxy groups -OCH3 is 1. The molecule has 154 valence electrons. The number of hydrogen-bond acceptors (Lipinski definition) is 5. The van der Waals surface area contributed by atoms with Crippen LogP contribution in [0.3, 0.4) is 0 Å². The molecule has 2 aromatic rings. The van der Waals surface area contributed by atoms with Crippen molar-refractivity contribution in [3.05, 3.63) is 59.4 Å². The summed E-state index contributed by atoms with van der Waals surface area (Å²) in [5.41, 5.74) is 0.424. The lowest BCUT2D eigenvalue weighted by Crippen LogP contribution is -2.41. The summed E-state index contributed by atoms with van der Waals surface area (Å²) in [6.07, 6.45) is 0. The molecule has 3 rings (SSSR count). The minimum Gasteiger partial charge on any atom is -0.497 e. The summed E-state index contributed by atoms with van der Waals surface area (Å²) in [5, 5.41) is 5.48. The zero-order valence-corrected chi connectivity index (χ0v) is 16.2. The number of amides is 2. The minimum atomic E-state index is -0.640. The fourth-order valence-electron chi connectivity index (χ4n) is 3.03. The molecular formula is C21H24FN3O4. The van der Waals surface area contributed by atoms with E-state index in [4.69, 9.17) is 9.47 Å². The molecule has 2 amide bonds. The lowest BCUT2D eigenvalue weighted by molar-refractivity contribution is 0.0383. The second-order valence-electron chi connectivity index (χ2n) is 6.56. The highest BCUT2D eigenvalue weighted by atomic mass is 19.1. The van der Waals surface area contributed by atoms with E-state index in [1.807, 2.05) is 0 Å². The van der Waals surface area contributed by atoms with Gasteiger partial charge in [-0.05, 0) is 24.3 Å². The van der Waals surface area contributed by atoms with Crippen molar-refractivity contribution < 1.29 is 23.5 Å². The zero-order chi connectivity index (χ0) is 20.6. The van der Waals surface area contributed by atoms with Crippen molar-refractivity contribution in [2.45, 2.75) is 0 Å². The van der Waals surface area contributed by atoms with Crippen molar-refractivity contribution >= 4 is 17.5 Å². The Hall–Kier alpha value is -2.97. The number of carbonyl (C=O) groups excluding carboxylic acids is 2. The van der Waals surface area contributed by atoms with Gasteiger partial charge in [0.15, 0.2) is 0 Å². The summed E-state index contributed by atoms with van der Waals surface area (Å²) in [4.78, 5) is 27.4. The summed E-state index contributed by atoms with van der Waals surface area (Å²) in [6.45, 7) is 4.23. The highest BCUT2D eigenvalue weighted by Crippen LogP contribution is 2.23. The van der Waals surface area contributed by atoms with Crippen LogP contribution in [0.4, 0.5) is 10.1 Å². The molecular weight excluding hydrogens is 377 g/mol. The number of anilines is 1. The van der Waals surface area contributed by atoms with E-state index in [0.717, 1.165) is 13.1 Å². The molecule has 0 aromatic heterocycles. The largest absolute Gasteiger partial charge is 0.497 e. The number of halogens is 1. The van der Waals surface area contributed by atoms with Crippen LogP contribution >= 0.6 is 0 Å². The molecule has 0 saturated carbocycles. The lowest BCUT2D eigenvalue weighted by Gasteiger charge is -2.26. The molecule has 0 radical (unpaired) electrons. The van der Waals surface area contributed by atoms with Gasteiger partial charge in [-0.25, -0.2) is 4.39 Å². The van der Waals surface area contributed by atoms with Crippen molar-refractivity contribution in [3.63, 3.8) is 0 Å². The fraction of sp³-hybridized carbons (Fsp3) is 0.333. The third kappa shape index (κ3) is 5.52. The second-order valence-corrected chi connectivity index (χ2v) is 6.56. The molecule has 0 aliphatic carbocycles. The fourth-order valence-corrected chi connectivity index (χ4v) is 3.03. The Kier molecular flexibility index (Phi) is 7.15. The molecule has 0 unspecified atom stereocenters. The van der Waals surface area contributed by atoms with Gasteiger partial charge in [0.05, 0.1) is 37.1 Å². The number of morpholine rings is 1. The Labute approximate surface area is 168 Å². The van der Waals surface area contributed by atoms with Crippen LogP contribution < -0.4 is 15.4 Å². The van der Waals surface area contributed by atoms with Crippen LogP contribution in [0.1, 0.15) is 20.7 Å². The molecule has 1 saturated heterocycles. The van der Waals surface area contributed by atoms with Crippen LogP contribution in [-0.2, 0) is 4.74 Å². The van der Waals surface area contributed by atoms with Crippen molar-refractivity contribution in [1.29, 1.82) is 0 Å². The molecule has 1 heterocycles. The third-order valence-corrected chi connectivity index (χ3v) is 4.66. The van der Waals surface area contributed by atoms with E-state index in [1.165, 1.54) is 31.4 Å². The van der Waals surface area contributed by atoms with Gasteiger partial charge in [0.25, 0.3) is 11.8 Å². The number of nitrogens with one attached hydrogen (secondary N) is 2. The number of hydrogen-bond donors (Lipinski definition) is 2. The molecule has 7 nitrogen and oxygen atoms in total. The minimum absolute atomic E-state index is 0.103. The first-order valence-electron chi connectivity index (χ1n) is 9.40. The molecule has 8 heteroatoms. The number of benzene rings is 2. The first kappa shape index (κ1) is 20.8. The molecule has 0 spiro atoms. The normalized spacial score (nSPS) is 14.3. The van der Waals surface area contributed by atoms with Gasteiger partial charge in [-0.2, -0.15) is 0 Å². The zero-order valence-electron chi connectivity index (χ0n) is 16.2. The molecule has 2 N–H and O–H groups in total. The number of nitrogens with zero attached hydrogens (tertiary/aromatic N) is 1. The van der Waals surface area contributed by atoms with Crippen LogP contribution in [0.15, 0.2) is 42.5 Å². The molecule has 29 heavy (non-hydrogen) atoms. The summed E-state index contributed by atoms with van der Waals surface area (Å²) >= 11 is 0. The average molecular weight is 401 g/mol. The predicted molar refractivity (Wildman–Crippen MR) is 107 cm³/mol. The summed E-state index contributed by atoms with van der Waals surface area (Å²) < 4.78 is 24.4. The lowest BCUT2D eigenvalue weighted by atomic mass is 10.1. The van der Waals surface area contributed by atoms with Gasteiger partial charge >= 0.3 is 0 Å². The van der Waals surface area contributed by atoms with Gasteiger partial charge in [0.2, 0.25) is 0 Å². The first-order chi connectivity index (χ1) is 14.1. The van der Waals surface area contributed by atoms with Crippen LogP contribution in [0.5, 0.6) is 5.75 Å². The van der Waals surface area contributed by atoms with Crippen molar-refractivity contribution in [3.8, 4) is 5.75 Å². The van der Waals surface area contributed by atoms with Gasteiger partial charge in [-0.15, -0.1) is 0 Å². The molecule has 1 aliphatic heterocycles. The number of rotatable bonds is 7. The van der Waals surface area contributed by atoms with Crippen LogP contribution in [0.25, 0.3) is 0 Å². The average Bonchev–Trinajstić information content (AvgIpc) is 2.74. The Morgan fingerprint density at radius 1 is 1.10 bits per heavy atom. The van der Waals surface area contributed by atoms with E-state index < -0.39 is 11.7 Å². The maximum absolute atomic E-state index is 13.9. The maximum atomic E-state index is 13.9. The van der Waals surface area contributed by atoms with Gasteiger partial charge in [-0.3, -0.25) is 14.5 Å². The molecule has 2 aromatic carbocycles. The van der Waals surface area contributed by atoms with E-state index in [0.29, 0.717) is 32.1 Å². The quantitative estimate of drug-likeness (QED) is 0.743. The van der Waals surface area contributed by atoms with Gasteiger partial charge < -0.3 is 20.1 Å². The molecule has 0 bridgehead atoms. The first-order valence-corrected chi connectivity index (χ1v) is 9.40. The van der Waals surface area contributed by atoms with Crippen molar-refractivity contribution in [2.75, 3.05) is 51.8 Å². The van der Waals surface area contributed by atoms with E-state index >= 15 is 0 Å². The van der Waals surface area contributed by atoms with E-state index in [9.17, 15) is 14.0 Å². The van der Waals surface area contributed by atoms with E-state index in [2.05, 4.69) is 15.5 Å². The van der Waals surface area contributed by atoms with E-state index in [1.54, 1.807) is 18.2 Å². The molecule has 1 fully saturated rings. The van der Waals surface area contributed by atoms with Crippen LogP contribution in [0, 0.1) is 5.82 Å². The standard InChI is InChI=1S/C21H24FN3O4/c1-28-15-6-7-17(20(26)23-8-9-25-10-12-29-13-11-25)19(14-15)24-21(27)16-4-2-3-5-18(16)22/h2-7,14H,8-13H2,1H3,(H,23,26)(H,24,27). The van der Waals surface area contributed by atoms with Crippen LogP contribution in [0.2, 0.25) is 0 Å². The third-order valence-electron chi connectivity index (χ3n) is 4.66. The van der Waals surface area contributed by atoms with Crippen LogP contribution in [-0.4, -0.2) is 63.2 Å². The van der Waals surface area contributed by atoms with Crippen molar-refractivity contribution in [1.82, 2.24) is 10.2 Å². The second kappa shape index (κ2) is 9.99. The van der Waals surface area contributed by atoms with Gasteiger partial charge in [0, 0.05) is 32.2 Å². The SMILES string of the molecule is COc1ccc(C(=O)NCCN2CCOCC2)c(NC(=O)c2ccccc2F)c1. The summed E-state index contributed by atoms with van der Waals surface area (Å²) in [5.74, 6) is -1.13. The smallest absolute Gasteiger partial charge is 0.258 e.